The van der Waals surface area contributed by atoms with E-state index in [1.165, 1.54) is 13.8 Å². The fourth-order valence-electron chi connectivity index (χ4n) is 1.24. The predicted octanol–water partition coefficient (Wildman–Crippen LogP) is -0.136. The largest absolute Gasteiger partial charge is 0.569 e. The number of rotatable bonds is 5. The maximum atomic E-state index is 11.3. The molecule has 1 heterocycles. The summed E-state index contributed by atoms with van der Waals surface area (Å²) in [6.45, 7) is 2.85. The molecule has 1 aliphatic rings. The third kappa shape index (κ3) is 3.47. The van der Waals surface area contributed by atoms with Crippen LogP contribution in [-0.2, 0) is 19.2 Å². The van der Waals surface area contributed by atoms with Crippen molar-refractivity contribution < 1.29 is 29.2 Å². The van der Waals surface area contributed by atoms with Gasteiger partial charge < -0.3 is 15.1 Å². The van der Waals surface area contributed by atoms with E-state index in [0.717, 1.165) is 5.01 Å². The molecule has 2 atom stereocenters. The van der Waals surface area contributed by atoms with Crippen LogP contribution in [0.1, 0.15) is 20.3 Å². The lowest BCUT2D eigenvalue weighted by atomic mass is 10.1. The van der Waals surface area contributed by atoms with E-state index in [9.17, 15) is 14.8 Å². The second kappa shape index (κ2) is 5.32. The van der Waals surface area contributed by atoms with Crippen molar-refractivity contribution in [2.45, 2.75) is 32.6 Å². The van der Waals surface area contributed by atoms with E-state index < -0.39 is 24.3 Å². The van der Waals surface area contributed by atoms with Crippen LogP contribution in [0.2, 0.25) is 0 Å². The van der Waals surface area contributed by atoms with E-state index in [2.05, 4.69) is 14.9 Å². The number of carbonyl (C=O) groups is 2. The maximum Gasteiger partial charge on any atom is 0.332 e. The van der Waals surface area contributed by atoms with Crippen molar-refractivity contribution in [2.75, 3.05) is 6.54 Å². The first-order valence-corrected chi connectivity index (χ1v) is 4.92. The average molecular weight is 247 g/mol. The van der Waals surface area contributed by atoms with Crippen LogP contribution in [0.25, 0.3) is 0 Å². The minimum absolute atomic E-state index is 0.0439. The van der Waals surface area contributed by atoms with Gasteiger partial charge in [0.05, 0.1) is 11.5 Å². The van der Waals surface area contributed by atoms with Crippen LogP contribution in [-0.4, -0.2) is 45.9 Å². The fourth-order valence-corrected chi connectivity index (χ4v) is 1.24. The highest BCUT2D eigenvalue weighted by atomic mass is 16.8. The van der Waals surface area contributed by atoms with Crippen molar-refractivity contribution in [1.29, 1.82) is 0 Å². The van der Waals surface area contributed by atoms with Crippen molar-refractivity contribution in [3.63, 3.8) is 0 Å². The molecule has 0 saturated carbocycles. The van der Waals surface area contributed by atoms with Crippen molar-refractivity contribution in [1.82, 2.24) is 5.01 Å². The van der Waals surface area contributed by atoms with Crippen LogP contribution in [0.3, 0.4) is 0 Å². The summed E-state index contributed by atoms with van der Waals surface area (Å²) in [5, 5.41) is 24.0. The summed E-state index contributed by atoms with van der Waals surface area (Å²) in [6.07, 6.45) is -0.628. The number of aliphatic carboxylic acids is 1. The van der Waals surface area contributed by atoms with Crippen LogP contribution in [0.4, 0.5) is 0 Å². The quantitative estimate of drug-likeness (QED) is 0.236. The topological polar surface area (TPSA) is 114 Å². The lowest BCUT2D eigenvalue weighted by Gasteiger charge is -2.32. The van der Waals surface area contributed by atoms with E-state index >= 15 is 0 Å². The summed E-state index contributed by atoms with van der Waals surface area (Å²) in [7, 11) is 0. The molecule has 0 spiro atoms. The third-order valence-corrected chi connectivity index (χ3v) is 2.09. The highest BCUT2D eigenvalue weighted by Crippen LogP contribution is 2.17. The summed E-state index contributed by atoms with van der Waals surface area (Å²) in [5.74, 6) is -1.67. The Hall–Kier alpha value is -2.06. The van der Waals surface area contributed by atoms with Crippen LogP contribution >= 0.6 is 0 Å². The second-order valence-corrected chi connectivity index (χ2v) is 3.42. The Kier molecular flexibility index (Phi) is 4.07. The number of hydrazine groups is 1. The normalized spacial score (nSPS) is 21.4. The summed E-state index contributed by atoms with van der Waals surface area (Å²) in [5.41, 5.74) is 0. The van der Waals surface area contributed by atoms with E-state index in [4.69, 9.17) is 5.11 Å². The molecule has 9 nitrogen and oxygen atoms in total. The Labute approximate surface area is 96.7 Å². The molecule has 1 fully saturated rings. The van der Waals surface area contributed by atoms with Gasteiger partial charge in [-0.2, -0.15) is 0 Å². The first-order valence-electron chi connectivity index (χ1n) is 4.92. The molecule has 0 aromatic carbocycles. The summed E-state index contributed by atoms with van der Waals surface area (Å²) >= 11 is 0. The molecule has 0 aliphatic carbocycles. The van der Waals surface area contributed by atoms with Crippen molar-refractivity contribution in [3.8, 4) is 0 Å². The zero-order valence-electron chi connectivity index (χ0n) is 9.40. The molecule has 1 saturated heterocycles. The smallest absolute Gasteiger partial charge is 0.332 e. The molecule has 17 heavy (non-hydrogen) atoms. The molecule has 0 aromatic heterocycles. The van der Waals surface area contributed by atoms with Crippen LogP contribution in [0.5, 0.6) is 0 Å². The van der Waals surface area contributed by atoms with E-state index in [1.54, 1.807) is 0 Å². The van der Waals surface area contributed by atoms with E-state index in [0.29, 0.717) is 6.42 Å². The number of carbonyl (C=O) groups excluding carboxylic acids is 1. The molecular formula is C8H13N3O6. The summed E-state index contributed by atoms with van der Waals surface area (Å²) in [4.78, 5) is 25.7. The Morgan fingerprint density at radius 2 is 2.29 bits per heavy atom. The third-order valence-electron chi connectivity index (χ3n) is 2.09. The highest BCUT2D eigenvalue weighted by molar-refractivity contribution is 5.74. The maximum absolute atomic E-state index is 11.3. The predicted molar refractivity (Wildman–Crippen MR) is 51.1 cm³/mol. The number of nitrogens with zero attached hydrogens (tertiary/aromatic N) is 3. The van der Waals surface area contributed by atoms with Crippen molar-refractivity contribution >= 4 is 11.9 Å². The number of esters is 1. The van der Waals surface area contributed by atoms with Gasteiger partial charge in [0.15, 0.2) is 6.04 Å². The van der Waals surface area contributed by atoms with Crippen molar-refractivity contribution in [3.05, 3.63) is 5.21 Å². The molecule has 0 bridgehead atoms. The standard InChI is InChI=1S/C8H13N3O6/c1-5(12)16-6(2)17-9-11(15)10-4-3-7(10)8(13)14/h6-7H,3-4H2,1-2H3,(H,13,14)/t6?,7-/m0/s1. The summed E-state index contributed by atoms with van der Waals surface area (Å²) in [6, 6.07) is -0.885. The minimum atomic E-state index is -1.10. The highest BCUT2D eigenvalue weighted by Gasteiger charge is 2.41. The van der Waals surface area contributed by atoms with Gasteiger partial charge in [0.2, 0.25) is 5.28 Å². The van der Waals surface area contributed by atoms with Gasteiger partial charge in [0.1, 0.15) is 0 Å². The van der Waals surface area contributed by atoms with Crippen molar-refractivity contribution in [2.24, 2.45) is 5.28 Å². The van der Waals surface area contributed by atoms with Gasteiger partial charge in [-0.15, -0.1) is 5.01 Å². The number of hydrogen-bond donors (Lipinski definition) is 1. The molecule has 1 rings (SSSR count). The monoisotopic (exact) mass is 247 g/mol. The first-order chi connectivity index (χ1) is 7.91. The molecule has 0 radical (unpaired) electrons. The van der Waals surface area contributed by atoms with Gasteiger partial charge >= 0.3 is 11.9 Å². The van der Waals surface area contributed by atoms with Gasteiger partial charge in [-0.3, -0.25) is 9.63 Å². The number of carboxylic acid groups (broad SMARTS) is 1. The SMILES string of the molecule is CC(=O)OC(C)ON=[N+]([O-])N1CC[C@H]1C(=O)O. The molecule has 9 heteroatoms. The number of hydrogen-bond acceptors (Lipinski definition) is 6. The minimum Gasteiger partial charge on any atom is -0.569 e. The number of carboxylic acids is 1. The zero-order valence-corrected chi connectivity index (χ0v) is 9.40. The molecule has 96 valence electrons. The molecule has 1 unspecified atom stereocenters. The van der Waals surface area contributed by atoms with Crippen LogP contribution in [0.15, 0.2) is 5.28 Å². The van der Waals surface area contributed by atoms with Crippen LogP contribution in [0, 0.1) is 5.21 Å². The molecule has 1 N–H and O–H groups in total. The van der Waals surface area contributed by atoms with Crippen LogP contribution < -0.4 is 0 Å². The lowest BCUT2D eigenvalue weighted by molar-refractivity contribution is -0.730. The molecule has 0 aromatic rings. The fraction of sp³-hybridized carbons (Fsp3) is 0.750. The average Bonchev–Trinajstić information content (AvgIpc) is 2.10. The second-order valence-electron chi connectivity index (χ2n) is 3.42. The van der Waals surface area contributed by atoms with Gasteiger partial charge in [0, 0.05) is 20.3 Å². The molecule has 0 amide bonds. The van der Waals surface area contributed by atoms with Gasteiger partial charge in [0.25, 0.3) is 6.29 Å². The first kappa shape index (κ1) is 13.0. The number of ether oxygens (including phenoxy) is 1. The van der Waals surface area contributed by atoms with E-state index in [1.807, 2.05) is 0 Å². The Morgan fingerprint density at radius 3 is 2.71 bits per heavy atom. The van der Waals surface area contributed by atoms with Gasteiger partial charge in [-0.25, -0.2) is 4.79 Å². The zero-order chi connectivity index (χ0) is 13.0. The van der Waals surface area contributed by atoms with E-state index in [-0.39, 0.29) is 11.5 Å². The van der Waals surface area contributed by atoms with Gasteiger partial charge in [-0.05, 0) is 0 Å². The molecular weight excluding hydrogens is 234 g/mol. The Bertz CT molecular complexity index is 344. The summed E-state index contributed by atoms with van der Waals surface area (Å²) < 4.78 is 4.55. The lowest BCUT2D eigenvalue weighted by Crippen LogP contribution is -2.55. The Balaban J connectivity index is 2.44. The van der Waals surface area contributed by atoms with Gasteiger partial charge in [-0.1, -0.05) is 0 Å². The molecule has 1 aliphatic heterocycles. The Morgan fingerprint density at radius 1 is 1.65 bits per heavy atom.